The fraction of sp³-hybridized carbons (Fsp3) is 0.167. The summed E-state index contributed by atoms with van der Waals surface area (Å²) in [6, 6.07) is 12.8. The zero-order valence-electron chi connectivity index (χ0n) is 14.1. The maximum atomic E-state index is 12.2. The summed E-state index contributed by atoms with van der Waals surface area (Å²) >= 11 is 5.80. The topological polar surface area (TPSA) is 72.9 Å². The first-order valence-electron chi connectivity index (χ1n) is 7.44. The molecule has 2 rings (SSSR count). The highest BCUT2D eigenvalue weighted by Crippen LogP contribution is 2.19. The van der Waals surface area contributed by atoms with Crippen molar-refractivity contribution in [1.82, 2.24) is 4.47 Å². The minimum atomic E-state index is -3.92. The molecule has 0 aliphatic carbocycles. The number of hydroxylamine groups is 1. The molecule has 0 saturated heterocycles. The standard InChI is InChI=1S/C18H16ClNO5S/c1-14(21)25-20(2)26(22,23)18-11-9-17(10-12-18)24-13-3-4-15-5-7-16(19)8-6-15/h5-12H,13H2,1-2H3. The molecule has 0 atom stereocenters. The predicted octanol–water partition coefficient (Wildman–Crippen LogP) is 2.87. The van der Waals surface area contributed by atoms with Gasteiger partial charge in [-0.3, -0.25) is 4.79 Å². The molecule has 0 aromatic heterocycles. The lowest BCUT2D eigenvalue weighted by molar-refractivity contribution is -0.162. The van der Waals surface area contributed by atoms with E-state index in [0.29, 0.717) is 15.2 Å². The normalized spacial score (nSPS) is 10.8. The predicted molar refractivity (Wildman–Crippen MR) is 97.0 cm³/mol. The van der Waals surface area contributed by atoms with E-state index in [9.17, 15) is 13.2 Å². The maximum absolute atomic E-state index is 12.2. The van der Waals surface area contributed by atoms with E-state index in [1.807, 2.05) is 0 Å². The third kappa shape index (κ3) is 5.49. The van der Waals surface area contributed by atoms with Crippen LogP contribution in [-0.2, 0) is 19.7 Å². The van der Waals surface area contributed by atoms with E-state index in [0.717, 1.165) is 19.5 Å². The largest absolute Gasteiger partial charge is 0.481 e. The molecule has 0 aliphatic heterocycles. The summed E-state index contributed by atoms with van der Waals surface area (Å²) in [7, 11) is -2.77. The molecule has 0 spiro atoms. The number of halogens is 1. The smallest absolute Gasteiger partial charge is 0.323 e. The lowest BCUT2D eigenvalue weighted by atomic mass is 10.2. The number of hydrogen-bond donors (Lipinski definition) is 0. The zero-order valence-corrected chi connectivity index (χ0v) is 15.7. The van der Waals surface area contributed by atoms with Crippen molar-refractivity contribution in [3.05, 3.63) is 59.1 Å². The lowest BCUT2D eigenvalue weighted by Gasteiger charge is -2.15. The van der Waals surface area contributed by atoms with Crippen molar-refractivity contribution in [3.63, 3.8) is 0 Å². The second kappa shape index (κ2) is 8.72. The van der Waals surface area contributed by atoms with E-state index >= 15 is 0 Å². The van der Waals surface area contributed by atoms with Crippen molar-refractivity contribution >= 4 is 27.6 Å². The van der Waals surface area contributed by atoms with Crippen molar-refractivity contribution in [2.45, 2.75) is 11.8 Å². The Kier molecular flexibility index (Phi) is 6.64. The van der Waals surface area contributed by atoms with Gasteiger partial charge in [-0.15, -0.1) is 0 Å². The molecule has 0 unspecified atom stereocenters. The SMILES string of the molecule is CC(=O)ON(C)S(=O)(=O)c1ccc(OCC#Cc2ccc(Cl)cc2)cc1. The van der Waals surface area contributed by atoms with Gasteiger partial charge in [0.25, 0.3) is 10.0 Å². The van der Waals surface area contributed by atoms with Gasteiger partial charge < -0.3 is 9.57 Å². The molecule has 136 valence electrons. The van der Waals surface area contributed by atoms with Gasteiger partial charge in [-0.2, -0.15) is 0 Å². The Morgan fingerprint density at radius 3 is 2.31 bits per heavy atom. The van der Waals surface area contributed by atoms with Gasteiger partial charge in [-0.1, -0.05) is 23.4 Å². The Morgan fingerprint density at radius 1 is 1.12 bits per heavy atom. The average molecular weight is 394 g/mol. The van der Waals surface area contributed by atoms with E-state index in [4.69, 9.17) is 16.3 Å². The maximum Gasteiger partial charge on any atom is 0.323 e. The molecule has 8 heteroatoms. The van der Waals surface area contributed by atoms with Crippen LogP contribution >= 0.6 is 11.6 Å². The molecule has 0 saturated carbocycles. The molecule has 0 aliphatic rings. The Hall–Kier alpha value is -2.53. The number of benzene rings is 2. The molecule has 26 heavy (non-hydrogen) atoms. The van der Waals surface area contributed by atoms with Gasteiger partial charge in [0.1, 0.15) is 12.4 Å². The van der Waals surface area contributed by atoms with E-state index in [-0.39, 0.29) is 11.5 Å². The van der Waals surface area contributed by atoms with Crippen molar-refractivity contribution in [3.8, 4) is 17.6 Å². The van der Waals surface area contributed by atoms with Crippen LogP contribution in [-0.4, -0.2) is 32.5 Å². The minimum Gasteiger partial charge on any atom is -0.481 e. The highest BCUT2D eigenvalue weighted by atomic mass is 35.5. The van der Waals surface area contributed by atoms with Gasteiger partial charge in [-0.25, -0.2) is 8.42 Å². The fourth-order valence-corrected chi connectivity index (χ4v) is 2.98. The third-order valence-electron chi connectivity index (χ3n) is 3.11. The van der Waals surface area contributed by atoms with Crippen LogP contribution < -0.4 is 4.74 Å². The van der Waals surface area contributed by atoms with Crippen LogP contribution in [0.3, 0.4) is 0 Å². The zero-order chi connectivity index (χ0) is 19.2. The number of rotatable bonds is 5. The summed E-state index contributed by atoms with van der Waals surface area (Å²) < 4.78 is 30.4. The number of carbonyl (C=O) groups excluding carboxylic acids is 1. The summed E-state index contributed by atoms with van der Waals surface area (Å²) in [4.78, 5) is 15.4. The molecular weight excluding hydrogens is 378 g/mol. The number of hydrogen-bond acceptors (Lipinski definition) is 5. The van der Waals surface area contributed by atoms with Crippen LogP contribution in [0.25, 0.3) is 0 Å². The molecule has 0 heterocycles. The quantitative estimate of drug-likeness (QED) is 0.577. The van der Waals surface area contributed by atoms with E-state index in [2.05, 4.69) is 16.7 Å². The van der Waals surface area contributed by atoms with Crippen molar-refractivity contribution in [2.24, 2.45) is 0 Å². The number of nitrogens with zero attached hydrogens (tertiary/aromatic N) is 1. The van der Waals surface area contributed by atoms with Gasteiger partial charge in [0.2, 0.25) is 0 Å². The molecular formula is C18H16ClNO5S. The second-order valence-electron chi connectivity index (χ2n) is 5.07. The van der Waals surface area contributed by atoms with Gasteiger partial charge in [0.05, 0.1) is 4.90 Å². The first kappa shape index (κ1) is 19.8. The third-order valence-corrected chi connectivity index (χ3v) is 4.98. The molecule has 0 fully saturated rings. The molecule has 0 bridgehead atoms. The summed E-state index contributed by atoms with van der Waals surface area (Å²) in [5, 5.41) is 0.640. The van der Waals surface area contributed by atoms with Gasteiger partial charge >= 0.3 is 5.97 Å². The van der Waals surface area contributed by atoms with Crippen LogP contribution in [0.4, 0.5) is 0 Å². The van der Waals surface area contributed by atoms with Crippen molar-refractivity contribution < 1.29 is 22.8 Å². The first-order chi connectivity index (χ1) is 12.3. The molecule has 0 amide bonds. The Balaban J connectivity index is 1.97. The highest BCUT2D eigenvalue weighted by molar-refractivity contribution is 7.89. The van der Waals surface area contributed by atoms with E-state index < -0.39 is 16.0 Å². The minimum absolute atomic E-state index is 0.0270. The second-order valence-corrected chi connectivity index (χ2v) is 7.44. The molecule has 6 nitrogen and oxygen atoms in total. The molecule has 2 aromatic rings. The Morgan fingerprint density at radius 2 is 1.73 bits per heavy atom. The van der Waals surface area contributed by atoms with E-state index in [1.54, 1.807) is 24.3 Å². The van der Waals surface area contributed by atoms with Gasteiger partial charge in [0.15, 0.2) is 0 Å². The molecule has 0 radical (unpaired) electrons. The number of carbonyl (C=O) groups is 1. The average Bonchev–Trinajstić information content (AvgIpc) is 2.60. The molecule has 0 N–H and O–H groups in total. The Labute approximate surface area is 157 Å². The number of ether oxygens (including phenoxy) is 1. The number of sulfonamides is 1. The summed E-state index contributed by atoms with van der Waals surface area (Å²) in [5.41, 5.74) is 0.813. The van der Waals surface area contributed by atoms with Crippen molar-refractivity contribution in [1.29, 1.82) is 0 Å². The first-order valence-corrected chi connectivity index (χ1v) is 9.25. The summed E-state index contributed by atoms with van der Waals surface area (Å²) in [6.07, 6.45) is 0. The summed E-state index contributed by atoms with van der Waals surface area (Å²) in [6.45, 7) is 1.26. The van der Waals surface area contributed by atoms with Crippen LogP contribution in [0.15, 0.2) is 53.4 Å². The fourth-order valence-electron chi connectivity index (χ4n) is 1.88. The van der Waals surface area contributed by atoms with Crippen LogP contribution in [0.2, 0.25) is 5.02 Å². The van der Waals surface area contributed by atoms with Crippen molar-refractivity contribution in [2.75, 3.05) is 13.7 Å². The summed E-state index contributed by atoms with van der Waals surface area (Å²) in [5.74, 6) is 5.52. The van der Waals surface area contributed by atoms with Crippen LogP contribution in [0, 0.1) is 11.8 Å². The van der Waals surface area contributed by atoms with Crippen LogP contribution in [0.5, 0.6) is 5.75 Å². The Bertz CT molecular complexity index is 928. The van der Waals surface area contributed by atoms with Crippen LogP contribution in [0.1, 0.15) is 12.5 Å². The van der Waals surface area contributed by atoms with E-state index in [1.165, 1.54) is 24.3 Å². The monoisotopic (exact) mass is 393 g/mol. The lowest BCUT2D eigenvalue weighted by Crippen LogP contribution is -2.29. The van der Waals surface area contributed by atoms with Gasteiger partial charge in [-0.05, 0) is 53.0 Å². The van der Waals surface area contributed by atoms with Gasteiger partial charge in [0, 0.05) is 24.6 Å². The highest BCUT2D eigenvalue weighted by Gasteiger charge is 2.23. The molecule has 2 aromatic carbocycles.